The second-order valence-electron chi connectivity index (χ2n) is 3.59. The van der Waals surface area contributed by atoms with Gasteiger partial charge in [0.25, 0.3) is 0 Å². The molecule has 0 heterocycles. The molecular formula is C13H16INO. The van der Waals surface area contributed by atoms with Gasteiger partial charge in [0.1, 0.15) is 0 Å². The van der Waals surface area contributed by atoms with E-state index in [0.29, 0.717) is 0 Å². The monoisotopic (exact) mass is 329 g/mol. The average molecular weight is 329 g/mol. The molecular weight excluding hydrogens is 313 g/mol. The summed E-state index contributed by atoms with van der Waals surface area (Å²) in [6, 6.07) is 7.90. The van der Waals surface area contributed by atoms with Gasteiger partial charge in [0.15, 0.2) is 0 Å². The highest BCUT2D eigenvalue weighted by molar-refractivity contribution is 14.1. The summed E-state index contributed by atoms with van der Waals surface area (Å²) < 4.78 is -0.0231. The minimum atomic E-state index is -0.0231. The molecule has 0 aliphatic carbocycles. The number of amides is 1. The number of nitrogens with one attached hydrogen (secondary N) is 1. The Morgan fingerprint density at radius 2 is 2.25 bits per heavy atom. The topological polar surface area (TPSA) is 29.1 Å². The van der Waals surface area contributed by atoms with E-state index >= 15 is 0 Å². The van der Waals surface area contributed by atoms with Crippen molar-refractivity contribution in [2.24, 2.45) is 0 Å². The molecule has 1 N–H and O–H groups in total. The van der Waals surface area contributed by atoms with E-state index in [0.717, 1.165) is 24.1 Å². The Morgan fingerprint density at radius 3 is 2.88 bits per heavy atom. The normalized spacial score (nSPS) is 11.9. The first-order valence-electron chi connectivity index (χ1n) is 5.29. The SMILES string of the molecule is C=CCCc1ccccc1NC(=O)C(C)I. The maximum atomic E-state index is 11.6. The van der Waals surface area contributed by atoms with Crippen LogP contribution in [0.1, 0.15) is 18.9 Å². The first-order chi connectivity index (χ1) is 7.65. The van der Waals surface area contributed by atoms with Gasteiger partial charge < -0.3 is 5.32 Å². The molecule has 3 heteroatoms. The fourth-order valence-electron chi connectivity index (χ4n) is 1.35. The third kappa shape index (κ3) is 3.96. The van der Waals surface area contributed by atoms with Crippen LogP contribution in [-0.4, -0.2) is 9.83 Å². The first-order valence-corrected chi connectivity index (χ1v) is 6.53. The van der Waals surface area contributed by atoms with E-state index in [4.69, 9.17) is 0 Å². The molecule has 1 aromatic rings. The molecule has 86 valence electrons. The number of allylic oxidation sites excluding steroid dienone is 1. The number of alkyl halides is 1. The lowest BCUT2D eigenvalue weighted by Crippen LogP contribution is -2.20. The zero-order valence-electron chi connectivity index (χ0n) is 9.37. The van der Waals surface area contributed by atoms with E-state index in [-0.39, 0.29) is 9.83 Å². The minimum Gasteiger partial charge on any atom is -0.325 e. The summed E-state index contributed by atoms with van der Waals surface area (Å²) in [7, 11) is 0. The molecule has 1 amide bonds. The third-order valence-electron chi connectivity index (χ3n) is 2.25. The molecule has 0 aromatic heterocycles. The summed E-state index contributed by atoms with van der Waals surface area (Å²) in [5.74, 6) is 0.0478. The molecule has 0 bridgehead atoms. The van der Waals surface area contributed by atoms with Crippen molar-refractivity contribution in [3.05, 3.63) is 42.5 Å². The quantitative estimate of drug-likeness (QED) is 0.499. The van der Waals surface area contributed by atoms with Crippen molar-refractivity contribution in [3.8, 4) is 0 Å². The van der Waals surface area contributed by atoms with Crippen LogP contribution < -0.4 is 5.32 Å². The third-order valence-corrected chi connectivity index (χ3v) is 2.82. The maximum Gasteiger partial charge on any atom is 0.237 e. The van der Waals surface area contributed by atoms with Crippen molar-refractivity contribution in [1.29, 1.82) is 0 Å². The molecule has 1 unspecified atom stereocenters. The van der Waals surface area contributed by atoms with Crippen LogP contribution in [0.15, 0.2) is 36.9 Å². The molecule has 0 aliphatic rings. The predicted octanol–water partition coefficient (Wildman–Crippen LogP) is 3.57. The Balaban J connectivity index is 2.78. The number of carbonyl (C=O) groups is 1. The van der Waals surface area contributed by atoms with Crippen LogP contribution in [0.25, 0.3) is 0 Å². The number of halogens is 1. The lowest BCUT2D eigenvalue weighted by atomic mass is 10.1. The number of carbonyl (C=O) groups excluding carboxylic acids is 1. The molecule has 0 aliphatic heterocycles. The van der Waals surface area contributed by atoms with Gasteiger partial charge in [-0.05, 0) is 31.4 Å². The molecule has 1 atom stereocenters. The van der Waals surface area contributed by atoms with Crippen LogP contribution in [0.5, 0.6) is 0 Å². The fourth-order valence-corrected chi connectivity index (χ4v) is 1.51. The van der Waals surface area contributed by atoms with E-state index in [2.05, 4.69) is 34.5 Å². The molecule has 0 saturated heterocycles. The van der Waals surface area contributed by atoms with E-state index < -0.39 is 0 Å². The number of rotatable bonds is 5. The molecule has 16 heavy (non-hydrogen) atoms. The Morgan fingerprint density at radius 1 is 1.56 bits per heavy atom. The number of hydrogen-bond donors (Lipinski definition) is 1. The van der Waals surface area contributed by atoms with Gasteiger partial charge >= 0.3 is 0 Å². The Kier molecular flexibility index (Phi) is 5.52. The number of aryl methyl sites for hydroxylation is 1. The summed E-state index contributed by atoms with van der Waals surface area (Å²) in [5, 5.41) is 2.94. The predicted molar refractivity (Wildman–Crippen MR) is 77.1 cm³/mol. The zero-order chi connectivity index (χ0) is 12.0. The molecule has 1 aromatic carbocycles. The van der Waals surface area contributed by atoms with Crippen molar-refractivity contribution in [2.45, 2.75) is 23.7 Å². The van der Waals surface area contributed by atoms with Crippen LogP contribution in [0.2, 0.25) is 0 Å². The Hall–Kier alpha value is -0.840. The van der Waals surface area contributed by atoms with Crippen LogP contribution in [0, 0.1) is 0 Å². The summed E-state index contributed by atoms with van der Waals surface area (Å²) in [4.78, 5) is 11.6. The standard InChI is InChI=1S/C13H16INO/c1-3-4-7-11-8-5-6-9-12(11)15-13(16)10(2)14/h3,5-6,8-10H,1,4,7H2,2H3,(H,15,16). The molecule has 0 spiro atoms. The molecule has 0 fully saturated rings. The van der Waals surface area contributed by atoms with Crippen molar-refractivity contribution in [2.75, 3.05) is 5.32 Å². The molecule has 0 saturated carbocycles. The van der Waals surface area contributed by atoms with Crippen molar-refractivity contribution in [1.82, 2.24) is 0 Å². The van der Waals surface area contributed by atoms with E-state index in [1.165, 1.54) is 0 Å². The van der Waals surface area contributed by atoms with Gasteiger partial charge in [-0.1, -0.05) is 46.9 Å². The van der Waals surface area contributed by atoms with Gasteiger partial charge in [-0.25, -0.2) is 0 Å². The Labute approximate surface area is 110 Å². The number of benzene rings is 1. The van der Waals surface area contributed by atoms with Gasteiger partial charge in [0.2, 0.25) is 5.91 Å². The Bertz CT molecular complexity index is 374. The van der Waals surface area contributed by atoms with Crippen LogP contribution in [0.3, 0.4) is 0 Å². The summed E-state index contributed by atoms with van der Waals surface area (Å²) in [5.41, 5.74) is 2.07. The largest absolute Gasteiger partial charge is 0.325 e. The number of hydrogen-bond acceptors (Lipinski definition) is 1. The van der Waals surface area contributed by atoms with E-state index in [1.807, 2.05) is 37.3 Å². The van der Waals surface area contributed by atoms with Crippen LogP contribution in [-0.2, 0) is 11.2 Å². The summed E-state index contributed by atoms with van der Waals surface area (Å²) in [6.07, 6.45) is 3.72. The fraction of sp³-hybridized carbons (Fsp3) is 0.308. The van der Waals surface area contributed by atoms with Crippen LogP contribution >= 0.6 is 22.6 Å². The molecule has 0 radical (unpaired) electrons. The maximum absolute atomic E-state index is 11.6. The number of anilines is 1. The van der Waals surface area contributed by atoms with Crippen molar-refractivity contribution in [3.63, 3.8) is 0 Å². The summed E-state index contributed by atoms with van der Waals surface area (Å²) >= 11 is 2.11. The van der Waals surface area contributed by atoms with Crippen LogP contribution in [0.4, 0.5) is 5.69 Å². The second-order valence-corrected chi connectivity index (χ2v) is 5.46. The van der Waals surface area contributed by atoms with Gasteiger partial charge in [0.05, 0.1) is 3.92 Å². The smallest absolute Gasteiger partial charge is 0.237 e. The molecule has 1 rings (SSSR count). The zero-order valence-corrected chi connectivity index (χ0v) is 11.5. The number of para-hydroxylation sites is 1. The van der Waals surface area contributed by atoms with E-state index in [9.17, 15) is 4.79 Å². The lowest BCUT2D eigenvalue weighted by Gasteiger charge is -2.11. The lowest BCUT2D eigenvalue weighted by molar-refractivity contribution is -0.115. The highest BCUT2D eigenvalue weighted by Crippen LogP contribution is 2.18. The highest BCUT2D eigenvalue weighted by atomic mass is 127. The van der Waals surface area contributed by atoms with Gasteiger partial charge in [-0.2, -0.15) is 0 Å². The second kappa shape index (κ2) is 6.68. The minimum absolute atomic E-state index is 0.0231. The van der Waals surface area contributed by atoms with Gasteiger partial charge in [0, 0.05) is 5.69 Å². The first kappa shape index (κ1) is 13.2. The van der Waals surface area contributed by atoms with E-state index in [1.54, 1.807) is 0 Å². The van der Waals surface area contributed by atoms with Gasteiger partial charge in [-0.3, -0.25) is 4.79 Å². The molecule has 2 nitrogen and oxygen atoms in total. The van der Waals surface area contributed by atoms with Crippen molar-refractivity contribution < 1.29 is 4.79 Å². The average Bonchev–Trinajstić information content (AvgIpc) is 2.27. The summed E-state index contributed by atoms with van der Waals surface area (Å²) in [6.45, 7) is 5.58. The van der Waals surface area contributed by atoms with Crippen molar-refractivity contribution >= 4 is 34.2 Å². The van der Waals surface area contributed by atoms with Gasteiger partial charge in [-0.15, -0.1) is 6.58 Å². The highest BCUT2D eigenvalue weighted by Gasteiger charge is 2.10.